The van der Waals surface area contributed by atoms with Crippen LogP contribution in [0.1, 0.15) is 48.8 Å². The molecular formula is C23H26FN3O5. The summed E-state index contributed by atoms with van der Waals surface area (Å²) in [5, 5.41) is 22.7. The molecule has 2 heterocycles. The number of aromatic carboxylic acids is 1. The summed E-state index contributed by atoms with van der Waals surface area (Å²) >= 11 is 0. The molecule has 32 heavy (non-hydrogen) atoms. The number of fused-ring (bicyclic) bond motifs is 1. The second-order valence-corrected chi connectivity index (χ2v) is 7.91. The average molecular weight is 443 g/mol. The van der Waals surface area contributed by atoms with E-state index in [1.807, 2.05) is 20.8 Å². The number of ether oxygens (including phenoxy) is 1. The van der Waals surface area contributed by atoms with Gasteiger partial charge in [-0.1, -0.05) is 26.0 Å². The Kier molecular flexibility index (Phi) is 6.78. The maximum Gasteiger partial charge on any atom is 0.341 e. The van der Waals surface area contributed by atoms with Gasteiger partial charge >= 0.3 is 5.97 Å². The average Bonchev–Trinajstić information content (AvgIpc) is 2.75. The third-order valence-corrected chi connectivity index (χ3v) is 5.45. The molecule has 8 nitrogen and oxygen atoms in total. The van der Waals surface area contributed by atoms with Crippen LogP contribution in [0.3, 0.4) is 0 Å². The van der Waals surface area contributed by atoms with E-state index in [1.165, 1.54) is 36.1 Å². The summed E-state index contributed by atoms with van der Waals surface area (Å²) in [6.07, 6.45) is 1.22. The van der Waals surface area contributed by atoms with Crippen molar-refractivity contribution in [2.45, 2.75) is 32.9 Å². The van der Waals surface area contributed by atoms with Gasteiger partial charge in [-0.2, -0.15) is 4.98 Å². The Morgan fingerprint density at radius 2 is 1.91 bits per heavy atom. The van der Waals surface area contributed by atoms with E-state index >= 15 is 0 Å². The maximum atomic E-state index is 13.3. The number of pyridine rings is 2. The van der Waals surface area contributed by atoms with Gasteiger partial charge in [0.25, 0.3) is 0 Å². The summed E-state index contributed by atoms with van der Waals surface area (Å²) in [7, 11) is 1.43. The molecule has 9 heteroatoms. The molecule has 3 rings (SSSR count). The highest BCUT2D eigenvalue weighted by Gasteiger charge is 2.24. The molecule has 0 aliphatic heterocycles. The quantitative estimate of drug-likeness (QED) is 0.487. The van der Waals surface area contributed by atoms with Crippen LogP contribution in [0, 0.1) is 11.7 Å². The number of aliphatic hydroxyl groups is 1. The highest BCUT2D eigenvalue weighted by molar-refractivity contribution is 5.93. The first-order valence-electron chi connectivity index (χ1n) is 10.2. The van der Waals surface area contributed by atoms with Gasteiger partial charge in [0.15, 0.2) is 0 Å². The Hall–Kier alpha value is -3.46. The molecule has 0 radical (unpaired) electrons. The number of methoxy groups -OCH3 is 1. The van der Waals surface area contributed by atoms with Crippen LogP contribution in [-0.2, 0) is 0 Å². The molecule has 0 spiro atoms. The fraction of sp³-hybridized carbons (Fsp3) is 0.348. The van der Waals surface area contributed by atoms with Crippen LogP contribution in [0.5, 0.6) is 5.88 Å². The van der Waals surface area contributed by atoms with Crippen molar-refractivity contribution < 1.29 is 24.1 Å². The van der Waals surface area contributed by atoms with Crippen molar-refractivity contribution in [3.63, 3.8) is 0 Å². The van der Waals surface area contributed by atoms with Crippen molar-refractivity contribution in [3.05, 3.63) is 63.7 Å². The van der Waals surface area contributed by atoms with Crippen LogP contribution in [-0.4, -0.2) is 39.5 Å². The van der Waals surface area contributed by atoms with E-state index in [0.717, 1.165) is 5.56 Å². The topological polar surface area (TPSA) is 114 Å². The lowest BCUT2D eigenvalue weighted by molar-refractivity contribution is 0.0694. The maximum absolute atomic E-state index is 13.3. The van der Waals surface area contributed by atoms with Crippen molar-refractivity contribution in [3.8, 4) is 5.88 Å². The van der Waals surface area contributed by atoms with Gasteiger partial charge in [0.1, 0.15) is 17.0 Å². The minimum atomic E-state index is -1.36. The van der Waals surface area contributed by atoms with Gasteiger partial charge in [0.05, 0.1) is 30.8 Å². The number of hydrogen-bond donors (Lipinski definition) is 3. The summed E-state index contributed by atoms with van der Waals surface area (Å²) < 4.78 is 20.2. The Morgan fingerprint density at radius 3 is 2.44 bits per heavy atom. The molecule has 170 valence electrons. The molecule has 0 fully saturated rings. The normalized spacial score (nSPS) is 13.2. The van der Waals surface area contributed by atoms with E-state index in [2.05, 4.69) is 10.3 Å². The molecule has 0 saturated heterocycles. The van der Waals surface area contributed by atoms with Gasteiger partial charge in [-0.25, -0.2) is 9.18 Å². The zero-order chi connectivity index (χ0) is 23.6. The number of anilines is 1. The second-order valence-electron chi connectivity index (χ2n) is 7.91. The van der Waals surface area contributed by atoms with Crippen LogP contribution in [0.25, 0.3) is 11.0 Å². The summed E-state index contributed by atoms with van der Waals surface area (Å²) in [5.41, 5.74) is 0.293. The van der Waals surface area contributed by atoms with E-state index < -0.39 is 23.0 Å². The summed E-state index contributed by atoms with van der Waals surface area (Å²) in [6, 6.07) is 6.70. The monoisotopic (exact) mass is 443 g/mol. The lowest BCUT2D eigenvalue weighted by Crippen LogP contribution is -2.26. The summed E-state index contributed by atoms with van der Waals surface area (Å²) in [5.74, 6) is -1.58. The fourth-order valence-corrected chi connectivity index (χ4v) is 3.61. The molecule has 0 amide bonds. The van der Waals surface area contributed by atoms with Gasteiger partial charge < -0.3 is 24.8 Å². The van der Waals surface area contributed by atoms with Crippen molar-refractivity contribution in [2.24, 2.45) is 5.92 Å². The summed E-state index contributed by atoms with van der Waals surface area (Å²) in [4.78, 5) is 29.2. The zero-order valence-electron chi connectivity index (χ0n) is 18.3. The predicted molar refractivity (Wildman–Crippen MR) is 119 cm³/mol. The fourth-order valence-electron chi connectivity index (χ4n) is 3.61. The highest BCUT2D eigenvalue weighted by atomic mass is 19.1. The number of carbonyl (C=O) groups is 1. The van der Waals surface area contributed by atoms with Gasteiger partial charge in [0, 0.05) is 12.2 Å². The minimum absolute atomic E-state index is 0.0589. The highest BCUT2D eigenvalue weighted by Crippen LogP contribution is 2.31. The Morgan fingerprint density at radius 1 is 1.25 bits per heavy atom. The molecule has 3 aromatic rings. The number of halogens is 1. The standard InChI is InChI=1S/C23H26FN3O5/c1-12(2)19(11-28)27-10-17(23(30)31)20(29)16-9-18(22(32-4)26-21(16)27)25-13(3)14-5-7-15(24)8-6-14/h5-10,12-13,19,25,28H,11H2,1-4H3,(H,30,31). The van der Waals surface area contributed by atoms with Crippen LogP contribution >= 0.6 is 0 Å². The molecule has 2 unspecified atom stereocenters. The van der Waals surface area contributed by atoms with E-state index in [9.17, 15) is 24.2 Å². The Balaban J connectivity index is 2.21. The molecule has 2 aromatic heterocycles. The minimum Gasteiger partial charge on any atom is -0.479 e. The first-order valence-corrected chi connectivity index (χ1v) is 10.2. The van der Waals surface area contributed by atoms with Gasteiger partial charge in [0.2, 0.25) is 11.3 Å². The number of carboxylic acids is 1. The second kappa shape index (κ2) is 9.35. The number of nitrogens with zero attached hydrogens (tertiary/aromatic N) is 2. The molecule has 2 atom stereocenters. The number of hydrogen-bond acceptors (Lipinski definition) is 6. The van der Waals surface area contributed by atoms with Crippen LogP contribution in [0.15, 0.2) is 41.3 Å². The van der Waals surface area contributed by atoms with Crippen LogP contribution in [0.2, 0.25) is 0 Å². The Labute approximate surface area is 184 Å². The first-order chi connectivity index (χ1) is 15.2. The van der Waals surface area contributed by atoms with E-state index in [4.69, 9.17) is 4.74 Å². The predicted octanol–water partition coefficient (Wildman–Crippen LogP) is 3.60. The van der Waals surface area contributed by atoms with E-state index in [1.54, 1.807) is 12.1 Å². The van der Waals surface area contributed by atoms with Crippen molar-refractivity contribution >= 4 is 22.7 Å². The number of nitrogens with one attached hydrogen (secondary N) is 1. The number of benzene rings is 1. The first kappa shape index (κ1) is 23.2. The van der Waals surface area contributed by atoms with Gasteiger partial charge in [-0.15, -0.1) is 0 Å². The number of aromatic nitrogens is 2. The van der Waals surface area contributed by atoms with Crippen molar-refractivity contribution in [1.29, 1.82) is 0 Å². The third-order valence-electron chi connectivity index (χ3n) is 5.45. The molecule has 1 aromatic carbocycles. The molecule has 0 bridgehead atoms. The largest absolute Gasteiger partial charge is 0.479 e. The number of aliphatic hydroxyl groups excluding tert-OH is 1. The lowest BCUT2D eigenvalue weighted by atomic mass is 10.0. The third kappa shape index (κ3) is 4.43. The van der Waals surface area contributed by atoms with Crippen molar-refractivity contribution in [1.82, 2.24) is 9.55 Å². The molecule has 3 N–H and O–H groups in total. The lowest BCUT2D eigenvalue weighted by Gasteiger charge is -2.25. The van der Waals surface area contributed by atoms with Crippen LogP contribution in [0.4, 0.5) is 10.1 Å². The Bertz CT molecular complexity index is 1190. The molecule has 0 aliphatic rings. The molecule has 0 aliphatic carbocycles. The van der Waals surface area contributed by atoms with Gasteiger partial charge in [-0.05, 0) is 36.6 Å². The smallest absolute Gasteiger partial charge is 0.341 e. The number of rotatable bonds is 8. The molecule has 0 saturated carbocycles. The molecular weight excluding hydrogens is 417 g/mol. The van der Waals surface area contributed by atoms with Gasteiger partial charge in [-0.3, -0.25) is 4.79 Å². The van der Waals surface area contributed by atoms with Crippen LogP contribution < -0.4 is 15.5 Å². The zero-order valence-corrected chi connectivity index (χ0v) is 18.3. The van der Waals surface area contributed by atoms with E-state index in [-0.39, 0.29) is 41.3 Å². The number of carboxylic acid groups (broad SMARTS) is 1. The summed E-state index contributed by atoms with van der Waals surface area (Å²) in [6.45, 7) is 5.34. The SMILES string of the molecule is COc1nc2c(cc1NC(C)c1ccc(F)cc1)c(=O)c(C(=O)O)cn2C(CO)C(C)C. The van der Waals surface area contributed by atoms with Crippen molar-refractivity contribution in [2.75, 3.05) is 19.0 Å². The van der Waals surface area contributed by atoms with E-state index in [0.29, 0.717) is 5.69 Å².